The van der Waals surface area contributed by atoms with Crippen molar-refractivity contribution in [1.29, 1.82) is 0 Å². The van der Waals surface area contributed by atoms with Gasteiger partial charge in [-0.1, -0.05) is 0 Å². The number of hydrogen-bond acceptors (Lipinski definition) is 4. The third kappa shape index (κ3) is 1.42. The predicted octanol–water partition coefficient (Wildman–Crippen LogP) is 0.293. The van der Waals surface area contributed by atoms with Gasteiger partial charge in [0.1, 0.15) is 5.69 Å². The summed E-state index contributed by atoms with van der Waals surface area (Å²) in [5.74, 6) is 0.198. The highest BCUT2D eigenvalue weighted by Crippen LogP contribution is 2.27. The molecule has 1 aliphatic rings. The van der Waals surface area contributed by atoms with Gasteiger partial charge >= 0.3 is 0 Å². The zero-order chi connectivity index (χ0) is 10.1. The summed E-state index contributed by atoms with van der Waals surface area (Å²) >= 11 is 0. The second kappa shape index (κ2) is 3.26. The third-order valence-corrected chi connectivity index (χ3v) is 2.01. The molecule has 2 heterocycles. The van der Waals surface area contributed by atoms with E-state index in [-0.39, 0.29) is 12.5 Å². The van der Waals surface area contributed by atoms with Gasteiger partial charge in [0.2, 0.25) is 5.88 Å². The molecule has 1 amide bonds. The molecule has 14 heavy (non-hydrogen) atoms. The summed E-state index contributed by atoms with van der Waals surface area (Å²) in [6.07, 6.45) is 0.998. The minimum atomic E-state index is -0.519. The summed E-state index contributed by atoms with van der Waals surface area (Å²) in [5, 5.41) is 11.5. The number of carbonyl (C=O) groups is 1. The van der Waals surface area contributed by atoms with Gasteiger partial charge < -0.3 is 15.2 Å². The van der Waals surface area contributed by atoms with Crippen LogP contribution in [0.5, 0.6) is 5.88 Å². The first kappa shape index (κ1) is 8.96. The molecule has 0 radical (unpaired) electrons. The van der Waals surface area contributed by atoms with Gasteiger partial charge in [0.15, 0.2) is 6.10 Å². The Morgan fingerprint density at radius 2 is 2.50 bits per heavy atom. The highest BCUT2D eigenvalue weighted by Gasteiger charge is 2.24. The Hall–Kier alpha value is -1.62. The molecule has 1 aromatic rings. The number of hydrogen-bond donors (Lipinski definition) is 2. The second-order valence-corrected chi connectivity index (χ2v) is 3.10. The molecule has 0 spiro atoms. The van der Waals surface area contributed by atoms with Crippen molar-refractivity contribution in [2.45, 2.75) is 19.6 Å². The largest absolute Gasteiger partial charge is 0.463 e. The average molecular weight is 194 g/mol. The number of amides is 1. The van der Waals surface area contributed by atoms with Crippen molar-refractivity contribution in [3.05, 3.63) is 17.8 Å². The lowest BCUT2D eigenvalue weighted by Crippen LogP contribution is -2.34. The van der Waals surface area contributed by atoms with E-state index in [1.54, 1.807) is 13.0 Å². The first-order chi connectivity index (χ1) is 6.70. The quantitative estimate of drug-likeness (QED) is 0.674. The fourth-order valence-electron chi connectivity index (χ4n) is 1.22. The molecular formula is C9H10N2O3. The topological polar surface area (TPSA) is 71.5 Å². The van der Waals surface area contributed by atoms with Gasteiger partial charge in [-0.2, -0.15) is 0 Å². The first-order valence-corrected chi connectivity index (χ1v) is 4.28. The van der Waals surface area contributed by atoms with E-state index in [0.717, 1.165) is 0 Å². The molecule has 1 unspecified atom stereocenters. The van der Waals surface area contributed by atoms with Gasteiger partial charge in [0.25, 0.3) is 5.91 Å². The van der Waals surface area contributed by atoms with Crippen LogP contribution in [-0.2, 0) is 11.4 Å². The molecule has 0 saturated carbocycles. The van der Waals surface area contributed by atoms with Crippen LogP contribution in [0.3, 0.4) is 0 Å². The van der Waals surface area contributed by atoms with Gasteiger partial charge in [-0.25, -0.2) is 4.98 Å². The van der Waals surface area contributed by atoms with Crippen molar-refractivity contribution < 1.29 is 14.6 Å². The van der Waals surface area contributed by atoms with Crippen molar-refractivity contribution in [3.63, 3.8) is 0 Å². The number of carbonyl (C=O) groups excluding carboxylic acids is 1. The number of pyridine rings is 1. The van der Waals surface area contributed by atoms with Crippen LogP contribution in [0.15, 0.2) is 12.3 Å². The number of aliphatic hydroxyl groups is 1. The van der Waals surface area contributed by atoms with E-state index in [2.05, 4.69) is 10.3 Å². The summed E-state index contributed by atoms with van der Waals surface area (Å²) in [6, 6.07) is 1.64. The molecule has 0 aromatic carbocycles. The minimum Gasteiger partial charge on any atom is -0.463 e. The molecule has 2 N–H and O–H groups in total. The molecule has 1 atom stereocenters. The van der Waals surface area contributed by atoms with Crippen molar-refractivity contribution >= 4 is 11.6 Å². The van der Waals surface area contributed by atoms with Crippen LogP contribution in [0.1, 0.15) is 12.5 Å². The molecule has 0 bridgehead atoms. The van der Waals surface area contributed by atoms with E-state index in [1.807, 2.05) is 0 Å². The third-order valence-electron chi connectivity index (χ3n) is 2.01. The number of fused-ring (bicyclic) bond motifs is 1. The van der Waals surface area contributed by atoms with Crippen LogP contribution in [0.4, 0.5) is 5.69 Å². The average Bonchev–Trinajstić information content (AvgIpc) is 2.19. The monoisotopic (exact) mass is 194 g/mol. The Bertz CT molecular complexity index is 378. The second-order valence-electron chi connectivity index (χ2n) is 3.10. The first-order valence-electron chi connectivity index (χ1n) is 4.28. The number of ether oxygens (including phenoxy) is 1. The fourth-order valence-corrected chi connectivity index (χ4v) is 1.22. The van der Waals surface area contributed by atoms with Gasteiger partial charge in [0.05, 0.1) is 6.61 Å². The molecule has 1 aliphatic heterocycles. The van der Waals surface area contributed by atoms with Gasteiger partial charge in [-0.15, -0.1) is 0 Å². The zero-order valence-electron chi connectivity index (χ0n) is 7.65. The maximum absolute atomic E-state index is 11.2. The lowest BCUT2D eigenvalue weighted by molar-refractivity contribution is -0.122. The molecule has 1 aromatic heterocycles. The summed E-state index contributed by atoms with van der Waals surface area (Å²) < 4.78 is 5.24. The smallest absolute Gasteiger partial charge is 0.265 e. The molecule has 2 rings (SSSR count). The maximum Gasteiger partial charge on any atom is 0.265 e. The Kier molecular flexibility index (Phi) is 2.09. The fraction of sp³-hybridized carbons (Fsp3) is 0.333. The van der Waals surface area contributed by atoms with Crippen LogP contribution in [0.25, 0.3) is 0 Å². The van der Waals surface area contributed by atoms with Crippen LogP contribution >= 0.6 is 0 Å². The van der Waals surface area contributed by atoms with E-state index in [9.17, 15) is 4.79 Å². The number of aromatic nitrogens is 1. The van der Waals surface area contributed by atoms with E-state index < -0.39 is 6.10 Å². The highest BCUT2D eigenvalue weighted by atomic mass is 16.5. The van der Waals surface area contributed by atoms with Crippen molar-refractivity contribution in [2.75, 3.05) is 5.32 Å². The lowest BCUT2D eigenvalue weighted by atomic mass is 10.2. The summed E-state index contributed by atoms with van der Waals surface area (Å²) in [7, 11) is 0. The van der Waals surface area contributed by atoms with E-state index in [1.165, 1.54) is 6.20 Å². The molecule has 5 heteroatoms. The summed E-state index contributed by atoms with van der Waals surface area (Å²) in [5.41, 5.74) is 1.15. The van der Waals surface area contributed by atoms with Crippen molar-refractivity contribution in [2.24, 2.45) is 0 Å². The molecule has 0 fully saturated rings. The van der Waals surface area contributed by atoms with Crippen molar-refractivity contribution in [3.8, 4) is 5.88 Å². The van der Waals surface area contributed by atoms with Crippen LogP contribution < -0.4 is 10.1 Å². The van der Waals surface area contributed by atoms with E-state index >= 15 is 0 Å². The SMILES string of the molecule is CC1Oc2ncc(CO)cc2NC1=O. The van der Waals surface area contributed by atoms with Crippen LogP contribution in [-0.4, -0.2) is 22.1 Å². The highest BCUT2D eigenvalue weighted by molar-refractivity contribution is 5.97. The minimum absolute atomic E-state index is 0.105. The van der Waals surface area contributed by atoms with Crippen LogP contribution in [0.2, 0.25) is 0 Å². The van der Waals surface area contributed by atoms with Gasteiger partial charge in [-0.3, -0.25) is 4.79 Å². The maximum atomic E-state index is 11.2. The Labute approximate surface area is 80.7 Å². The molecule has 5 nitrogen and oxygen atoms in total. The van der Waals surface area contributed by atoms with Gasteiger partial charge in [0, 0.05) is 6.20 Å². The summed E-state index contributed by atoms with van der Waals surface area (Å²) in [6.45, 7) is 1.55. The molecule has 0 saturated heterocycles. The molecule has 74 valence electrons. The number of aliphatic hydroxyl groups excluding tert-OH is 1. The lowest BCUT2D eigenvalue weighted by Gasteiger charge is -2.22. The standard InChI is InChI=1S/C9H10N2O3/c1-5-8(13)11-7-2-6(4-12)3-10-9(7)14-5/h2-3,5,12H,4H2,1H3,(H,11,13). The number of anilines is 1. The van der Waals surface area contributed by atoms with Crippen LogP contribution in [0, 0.1) is 0 Å². The number of nitrogens with one attached hydrogen (secondary N) is 1. The Balaban J connectivity index is 2.37. The molecule has 0 aliphatic carbocycles. The summed E-state index contributed by atoms with van der Waals surface area (Å²) in [4.78, 5) is 15.2. The predicted molar refractivity (Wildman–Crippen MR) is 48.9 cm³/mol. The van der Waals surface area contributed by atoms with E-state index in [4.69, 9.17) is 9.84 Å². The number of rotatable bonds is 1. The zero-order valence-corrected chi connectivity index (χ0v) is 7.65. The van der Waals surface area contributed by atoms with E-state index in [0.29, 0.717) is 17.1 Å². The van der Waals surface area contributed by atoms with Gasteiger partial charge in [-0.05, 0) is 18.6 Å². The normalized spacial score (nSPS) is 19.6. The van der Waals surface area contributed by atoms with Crippen molar-refractivity contribution in [1.82, 2.24) is 4.98 Å². The molecular weight excluding hydrogens is 184 g/mol. The number of nitrogens with zero attached hydrogens (tertiary/aromatic N) is 1. The Morgan fingerprint density at radius 1 is 1.71 bits per heavy atom. The Morgan fingerprint density at radius 3 is 3.21 bits per heavy atom.